The SMILES string of the molecule is [Cl-].[Cl-].[Cl-].c1cc(-c2nc(-c3ccncc3)nc(-c3cc[nH+]cc3)n2)ccn1.c1cc(-c2nc(-c3ccncc3)nc(-c3cc[nH+]cc3)n2)ccn1.c1cc(-c2nc(-c3ccncc3)nc(-c3cc[nH+]cc3)n2)ccn1. The molecule has 3 N–H and O–H groups in total. The number of hydrogen-bond donors (Lipinski definition) is 0. The fourth-order valence-corrected chi connectivity index (χ4v) is 6.90. The fraction of sp³-hybridized carbons (Fsp3) is 0. The Bertz CT molecular complexity index is 2810. The average Bonchev–Trinajstić information content (AvgIpc) is 3.49. The molecule has 12 heterocycles. The van der Waals surface area contributed by atoms with Gasteiger partial charge in [-0.2, -0.15) is 0 Å². The van der Waals surface area contributed by atoms with E-state index >= 15 is 0 Å². The van der Waals surface area contributed by atoms with Gasteiger partial charge in [-0.25, -0.2) is 59.8 Å². The van der Waals surface area contributed by atoms with Crippen molar-refractivity contribution < 1.29 is 52.2 Å². The van der Waals surface area contributed by atoms with Gasteiger partial charge in [0.1, 0.15) is 0 Å². The zero-order valence-electron chi connectivity index (χ0n) is 39.1. The Morgan fingerprint density at radius 2 is 0.293 bits per heavy atom. The maximum absolute atomic E-state index is 4.62. The first-order chi connectivity index (χ1) is 35.7. The van der Waals surface area contributed by atoms with Crippen LogP contribution in [-0.4, -0.2) is 74.8 Å². The van der Waals surface area contributed by atoms with Crippen LogP contribution in [0.25, 0.3) is 102 Å². The highest BCUT2D eigenvalue weighted by atomic mass is 35.5. The van der Waals surface area contributed by atoms with Crippen molar-refractivity contribution in [3.8, 4) is 102 Å². The second-order valence-electron chi connectivity index (χ2n) is 15.2. The predicted octanol–water partition coefficient (Wildman–Crippen LogP) is -1.56. The van der Waals surface area contributed by atoms with Gasteiger partial charge in [0.2, 0.25) is 0 Å². The molecule has 0 saturated heterocycles. The smallest absolute Gasteiger partial charge is 0.167 e. The highest BCUT2D eigenvalue weighted by Crippen LogP contribution is 2.26. The molecule has 0 atom stereocenters. The third-order valence-corrected chi connectivity index (χ3v) is 10.5. The van der Waals surface area contributed by atoms with E-state index in [2.05, 4.69) is 89.7 Å². The van der Waals surface area contributed by atoms with E-state index in [1.165, 1.54) is 0 Å². The highest BCUT2D eigenvalue weighted by molar-refractivity contribution is 5.68. The monoisotopic (exact) mass is 1040 g/mol. The second-order valence-corrected chi connectivity index (χ2v) is 15.2. The lowest BCUT2D eigenvalue weighted by atomic mass is 10.2. The summed E-state index contributed by atoms with van der Waals surface area (Å²) in [5, 5.41) is 0. The molecule has 18 nitrogen and oxygen atoms in total. The molecule has 0 spiro atoms. The minimum Gasteiger partial charge on any atom is -1.00 e. The van der Waals surface area contributed by atoms with Crippen LogP contribution in [0, 0.1) is 0 Å². The van der Waals surface area contributed by atoms with E-state index in [0.29, 0.717) is 52.4 Å². The summed E-state index contributed by atoms with van der Waals surface area (Å²) in [6, 6.07) is 34.2. The summed E-state index contributed by atoms with van der Waals surface area (Å²) in [6.45, 7) is 0. The van der Waals surface area contributed by atoms with Crippen molar-refractivity contribution in [1.82, 2.24) is 74.8 Å². The number of halogens is 3. The number of nitrogens with zero attached hydrogens (tertiary/aromatic N) is 15. The Hall–Kier alpha value is -9.75. The van der Waals surface area contributed by atoms with Crippen molar-refractivity contribution >= 4 is 0 Å². The van der Waals surface area contributed by atoms with E-state index in [9.17, 15) is 0 Å². The molecule has 0 aliphatic heterocycles. The summed E-state index contributed by atoms with van der Waals surface area (Å²) in [7, 11) is 0. The zero-order valence-corrected chi connectivity index (χ0v) is 41.4. The average molecular weight is 1050 g/mol. The van der Waals surface area contributed by atoms with Crippen LogP contribution in [0.2, 0.25) is 0 Å². The highest BCUT2D eigenvalue weighted by Gasteiger charge is 2.15. The van der Waals surface area contributed by atoms with Gasteiger partial charge in [-0.05, 0) is 72.8 Å². The molecule has 0 aromatic carbocycles. The summed E-state index contributed by atoms with van der Waals surface area (Å²) in [5.41, 5.74) is 8.12. The Morgan fingerprint density at radius 3 is 0.427 bits per heavy atom. The largest absolute Gasteiger partial charge is 1.00 e. The van der Waals surface area contributed by atoms with Crippen LogP contribution in [0.4, 0.5) is 0 Å². The van der Waals surface area contributed by atoms with Crippen LogP contribution < -0.4 is 52.2 Å². The normalized spacial score (nSPS) is 10.1. The quantitative estimate of drug-likeness (QED) is 0.159. The molecule has 0 unspecified atom stereocenters. The van der Waals surface area contributed by atoms with Crippen LogP contribution in [0.1, 0.15) is 0 Å². The minimum atomic E-state index is 0. The molecule has 0 bridgehead atoms. The molecule has 0 radical (unpaired) electrons. The molecule has 12 rings (SSSR count). The summed E-state index contributed by atoms with van der Waals surface area (Å²) in [5.74, 6) is 5.55. The van der Waals surface area contributed by atoms with Gasteiger partial charge in [0.15, 0.2) is 89.6 Å². The van der Waals surface area contributed by atoms with Crippen LogP contribution in [0.15, 0.2) is 221 Å². The first-order valence-corrected chi connectivity index (χ1v) is 22.3. The maximum atomic E-state index is 4.62. The zero-order chi connectivity index (χ0) is 48.6. The number of aromatic amines is 3. The molecule has 12 aromatic rings. The van der Waals surface area contributed by atoms with E-state index in [-0.39, 0.29) is 37.2 Å². The fourth-order valence-electron chi connectivity index (χ4n) is 6.90. The number of hydrogen-bond acceptors (Lipinski definition) is 15. The topological polar surface area (TPSA) is 236 Å². The van der Waals surface area contributed by atoms with Crippen molar-refractivity contribution in [2.24, 2.45) is 0 Å². The van der Waals surface area contributed by atoms with Gasteiger partial charge in [-0.1, -0.05) is 0 Å². The number of nitrogens with one attached hydrogen (secondary N) is 3. The molecule has 0 aliphatic carbocycles. The van der Waals surface area contributed by atoms with Crippen molar-refractivity contribution in [2.75, 3.05) is 0 Å². The third kappa shape index (κ3) is 13.8. The Labute approximate surface area is 447 Å². The molecule has 0 fully saturated rings. The Kier molecular flexibility index (Phi) is 18.8. The predicted molar refractivity (Wildman–Crippen MR) is 265 cm³/mol. The van der Waals surface area contributed by atoms with Crippen LogP contribution in [0.5, 0.6) is 0 Å². The summed E-state index contributed by atoms with van der Waals surface area (Å²) < 4.78 is 0. The van der Waals surface area contributed by atoms with Crippen molar-refractivity contribution in [3.05, 3.63) is 221 Å². The third-order valence-electron chi connectivity index (χ3n) is 10.5. The van der Waals surface area contributed by atoms with Crippen LogP contribution >= 0.6 is 0 Å². The van der Waals surface area contributed by atoms with Crippen molar-refractivity contribution in [3.63, 3.8) is 0 Å². The van der Waals surface area contributed by atoms with E-state index in [1.54, 1.807) is 74.4 Å². The molecule has 75 heavy (non-hydrogen) atoms. The van der Waals surface area contributed by atoms with E-state index < -0.39 is 0 Å². The summed E-state index contributed by atoms with van der Waals surface area (Å²) >= 11 is 0. The molecule has 12 aromatic heterocycles. The Morgan fingerprint density at radius 1 is 0.173 bits per heavy atom. The van der Waals surface area contributed by atoms with Gasteiger partial charge in [0.25, 0.3) is 0 Å². The lowest BCUT2D eigenvalue weighted by molar-refractivity contribution is -0.378. The first-order valence-electron chi connectivity index (χ1n) is 22.3. The van der Waals surface area contributed by atoms with Gasteiger partial charge in [0.05, 0.1) is 0 Å². The van der Waals surface area contributed by atoms with E-state index in [1.807, 2.05) is 146 Å². The van der Waals surface area contributed by atoms with E-state index in [4.69, 9.17) is 0 Å². The van der Waals surface area contributed by atoms with Gasteiger partial charge in [-0.15, -0.1) is 0 Å². The van der Waals surface area contributed by atoms with Crippen LogP contribution in [0.3, 0.4) is 0 Å². The minimum absolute atomic E-state index is 0. The Balaban J connectivity index is 0.000000161. The molecule has 366 valence electrons. The van der Waals surface area contributed by atoms with Crippen molar-refractivity contribution in [1.29, 1.82) is 0 Å². The summed E-state index contributed by atoms with van der Waals surface area (Å²) in [6.07, 6.45) is 31.8. The van der Waals surface area contributed by atoms with Gasteiger partial charge >= 0.3 is 0 Å². The molecular weight excluding hydrogens is 1010 g/mol. The van der Waals surface area contributed by atoms with Crippen LogP contribution in [-0.2, 0) is 0 Å². The molecular formula is C54H39Cl3N18. The first kappa shape index (κ1) is 53.1. The molecule has 0 amide bonds. The maximum Gasteiger partial charge on any atom is 0.167 e. The van der Waals surface area contributed by atoms with Crippen molar-refractivity contribution in [2.45, 2.75) is 0 Å². The lowest BCUT2D eigenvalue weighted by Gasteiger charge is -2.07. The lowest BCUT2D eigenvalue weighted by Crippen LogP contribution is -3.00. The second kappa shape index (κ2) is 26.6. The molecule has 0 aliphatic rings. The number of aromatic nitrogens is 18. The van der Waals surface area contributed by atoms with Gasteiger partial charge < -0.3 is 37.2 Å². The van der Waals surface area contributed by atoms with E-state index in [0.717, 1.165) is 50.1 Å². The molecule has 0 saturated carbocycles. The molecule has 21 heteroatoms. The van der Waals surface area contributed by atoms with Gasteiger partial charge in [-0.3, -0.25) is 29.9 Å². The number of pyridine rings is 9. The van der Waals surface area contributed by atoms with Gasteiger partial charge in [0, 0.05) is 161 Å². The number of H-pyrrole nitrogens is 3. The standard InChI is InChI=1S/3C18H12N6.3ClH/c3*1-7-19-8-2-13(1)16-22-17(14-3-9-20-10-4-14)24-18(23-16)15-5-11-21-12-6-15;;;/h3*1-12H;3*1H. The number of rotatable bonds is 9. The summed E-state index contributed by atoms with van der Waals surface area (Å²) in [4.78, 5) is 74.9.